The van der Waals surface area contributed by atoms with Gasteiger partial charge in [-0.15, -0.1) is 0 Å². The number of hydrogen-bond donors (Lipinski definition) is 1. The predicted molar refractivity (Wildman–Crippen MR) is 130 cm³/mol. The fourth-order valence-corrected chi connectivity index (χ4v) is 4.08. The van der Waals surface area contributed by atoms with Crippen LogP contribution in [0.15, 0.2) is 59.4 Å². The number of hydrogen-bond acceptors (Lipinski definition) is 4. The molecule has 0 saturated heterocycles. The minimum absolute atomic E-state index is 0.224. The van der Waals surface area contributed by atoms with Crippen molar-refractivity contribution in [3.8, 4) is 5.69 Å². The first-order chi connectivity index (χ1) is 15.9. The van der Waals surface area contributed by atoms with E-state index in [2.05, 4.69) is 34.6 Å². The Morgan fingerprint density at radius 1 is 0.970 bits per heavy atom. The Bertz CT molecular complexity index is 1340. The number of aromatic nitrogens is 4. The van der Waals surface area contributed by atoms with Crippen molar-refractivity contribution in [2.75, 3.05) is 0 Å². The van der Waals surface area contributed by atoms with Gasteiger partial charge in [0.25, 0.3) is 5.56 Å². The van der Waals surface area contributed by atoms with E-state index < -0.39 is 6.04 Å². The van der Waals surface area contributed by atoms with Crippen LogP contribution in [0.1, 0.15) is 48.8 Å². The third-order valence-electron chi connectivity index (χ3n) is 6.02. The van der Waals surface area contributed by atoms with Crippen LogP contribution in [0.4, 0.5) is 0 Å². The molecule has 33 heavy (non-hydrogen) atoms. The van der Waals surface area contributed by atoms with Gasteiger partial charge in [0.2, 0.25) is 5.91 Å². The molecule has 7 nitrogen and oxygen atoms in total. The van der Waals surface area contributed by atoms with E-state index in [0.717, 1.165) is 23.4 Å². The Labute approximate surface area is 193 Å². The molecule has 0 aliphatic rings. The van der Waals surface area contributed by atoms with Gasteiger partial charge in [-0.05, 0) is 49.9 Å². The molecule has 0 bridgehead atoms. The van der Waals surface area contributed by atoms with Crippen LogP contribution in [0.2, 0.25) is 0 Å². The molecule has 2 aromatic heterocycles. The smallest absolute Gasteiger partial charge is 0.278 e. The highest BCUT2D eigenvalue weighted by Crippen LogP contribution is 2.21. The molecule has 1 unspecified atom stereocenters. The Morgan fingerprint density at radius 3 is 2.27 bits per heavy atom. The maximum absolute atomic E-state index is 13.5. The largest absolute Gasteiger partial charge is 0.350 e. The number of amides is 1. The number of aryl methyl sites for hydroxylation is 3. The quantitative estimate of drug-likeness (QED) is 0.468. The van der Waals surface area contributed by atoms with Crippen molar-refractivity contribution >= 4 is 16.8 Å². The molecule has 0 radical (unpaired) electrons. The van der Waals surface area contributed by atoms with Crippen LogP contribution in [0.25, 0.3) is 16.6 Å². The van der Waals surface area contributed by atoms with Crippen molar-refractivity contribution in [1.82, 2.24) is 24.9 Å². The number of fused-ring (bicyclic) bond motifs is 1. The number of nitrogens with zero attached hydrogens (tertiary/aromatic N) is 4. The zero-order chi connectivity index (χ0) is 23.5. The lowest BCUT2D eigenvalue weighted by Crippen LogP contribution is -2.38. The Hall–Kier alpha value is -3.74. The average molecular weight is 444 g/mol. The standard InChI is InChI=1S/C26H29N5O2/c1-5-19-12-14-20(15-13-19)16-27-25(32)22(6-2)31-26(33)23-18(4)30(21-10-8-7-9-11-21)29-24(23)17(3)28-31/h7-15,22H,5-6,16H2,1-4H3,(H,27,32). The van der Waals surface area contributed by atoms with Gasteiger partial charge in [-0.2, -0.15) is 10.2 Å². The van der Waals surface area contributed by atoms with Gasteiger partial charge in [-0.1, -0.05) is 56.3 Å². The topological polar surface area (TPSA) is 81.8 Å². The number of para-hydroxylation sites is 1. The van der Waals surface area contributed by atoms with Crippen molar-refractivity contribution in [2.45, 2.75) is 53.1 Å². The number of benzene rings is 2. The van der Waals surface area contributed by atoms with Crippen molar-refractivity contribution in [1.29, 1.82) is 0 Å². The van der Waals surface area contributed by atoms with Gasteiger partial charge in [-0.25, -0.2) is 9.36 Å². The molecule has 2 heterocycles. The molecule has 1 atom stereocenters. The van der Waals surface area contributed by atoms with Crippen molar-refractivity contribution in [3.05, 3.63) is 87.5 Å². The van der Waals surface area contributed by atoms with Gasteiger partial charge < -0.3 is 5.32 Å². The van der Waals surface area contributed by atoms with Crippen molar-refractivity contribution < 1.29 is 4.79 Å². The van der Waals surface area contributed by atoms with Gasteiger partial charge >= 0.3 is 0 Å². The second-order valence-electron chi connectivity index (χ2n) is 8.20. The molecule has 2 aromatic carbocycles. The van der Waals surface area contributed by atoms with Crippen LogP contribution in [-0.4, -0.2) is 25.5 Å². The highest BCUT2D eigenvalue weighted by atomic mass is 16.2. The van der Waals surface area contributed by atoms with Gasteiger partial charge in [0.1, 0.15) is 11.6 Å². The summed E-state index contributed by atoms with van der Waals surface area (Å²) in [5.74, 6) is -0.224. The summed E-state index contributed by atoms with van der Waals surface area (Å²) in [7, 11) is 0. The molecule has 0 aliphatic carbocycles. The molecule has 7 heteroatoms. The summed E-state index contributed by atoms with van der Waals surface area (Å²) in [6.07, 6.45) is 1.42. The minimum atomic E-state index is -0.699. The summed E-state index contributed by atoms with van der Waals surface area (Å²) in [6, 6.07) is 17.1. The van der Waals surface area contributed by atoms with Crippen LogP contribution < -0.4 is 10.9 Å². The highest BCUT2D eigenvalue weighted by molar-refractivity contribution is 5.84. The molecule has 1 amide bonds. The third-order valence-corrected chi connectivity index (χ3v) is 6.02. The van der Waals surface area contributed by atoms with E-state index in [4.69, 9.17) is 0 Å². The van der Waals surface area contributed by atoms with Crippen LogP contribution in [0.3, 0.4) is 0 Å². The van der Waals surface area contributed by atoms with Crippen molar-refractivity contribution in [2.24, 2.45) is 0 Å². The fourth-order valence-electron chi connectivity index (χ4n) is 4.08. The predicted octanol–water partition coefficient (Wildman–Crippen LogP) is 4.03. The zero-order valence-electron chi connectivity index (χ0n) is 19.5. The lowest BCUT2D eigenvalue weighted by molar-refractivity contribution is -0.125. The molecule has 0 fully saturated rings. The van der Waals surface area contributed by atoms with Crippen LogP contribution in [0, 0.1) is 13.8 Å². The van der Waals surface area contributed by atoms with Crippen LogP contribution in [-0.2, 0) is 17.8 Å². The van der Waals surface area contributed by atoms with E-state index in [1.807, 2.05) is 63.2 Å². The molecule has 4 aromatic rings. The maximum Gasteiger partial charge on any atom is 0.278 e. The van der Waals surface area contributed by atoms with E-state index in [1.54, 1.807) is 4.68 Å². The molecule has 1 N–H and O–H groups in total. The van der Waals surface area contributed by atoms with E-state index in [1.165, 1.54) is 10.2 Å². The minimum Gasteiger partial charge on any atom is -0.350 e. The Kier molecular flexibility index (Phi) is 6.40. The Morgan fingerprint density at radius 2 is 1.64 bits per heavy atom. The number of carbonyl (C=O) groups excluding carboxylic acids is 1. The summed E-state index contributed by atoms with van der Waals surface area (Å²) in [5, 5.41) is 12.6. The van der Waals surface area contributed by atoms with E-state index in [9.17, 15) is 9.59 Å². The Balaban J connectivity index is 1.66. The lowest BCUT2D eigenvalue weighted by atomic mass is 10.1. The molecule has 170 valence electrons. The van der Waals surface area contributed by atoms with Gasteiger partial charge in [0, 0.05) is 6.54 Å². The normalized spacial score (nSPS) is 12.1. The summed E-state index contributed by atoms with van der Waals surface area (Å²) < 4.78 is 3.07. The molecular weight excluding hydrogens is 414 g/mol. The average Bonchev–Trinajstić information content (AvgIpc) is 3.20. The van der Waals surface area contributed by atoms with Gasteiger partial charge in [0.05, 0.1) is 22.5 Å². The van der Waals surface area contributed by atoms with Crippen LogP contribution >= 0.6 is 0 Å². The zero-order valence-corrected chi connectivity index (χ0v) is 19.5. The van der Waals surface area contributed by atoms with E-state index in [-0.39, 0.29) is 11.5 Å². The first kappa shape index (κ1) is 22.5. The van der Waals surface area contributed by atoms with E-state index in [0.29, 0.717) is 29.6 Å². The molecule has 0 spiro atoms. The van der Waals surface area contributed by atoms with E-state index >= 15 is 0 Å². The SMILES string of the molecule is CCc1ccc(CNC(=O)C(CC)n2nc(C)c3nn(-c4ccccc4)c(C)c3c2=O)cc1. The summed E-state index contributed by atoms with van der Waals surface area (Å²) >= 11 is 0. The number of carbonyl (C=O) groups is 1. The molecule has 0 saturated carbocycles. The van der Waals surface area contributed by atoms with Crippen LogP contribution in [0.5, 0.6) is 0 Å². The second kappa shape index (κ2) is 9.40. The molecule has 0 aliphatic heterocycles. The number of nitrogens with one attached hydrogen (secondary N) is 1. The third kappa shape index (κ3) is 4.31. The highest BCUT2D eigenvalue weighted by Gasteiger charge is 2.25. The summed E-state index contributed by atoms with van der Waals surface area (Å²) in [4.78, 5) is 26.5. The van der Waals surface area contributed by atoms with Gasteiger partial charge in [0.15, 0.2) is 0 Å². The first-order valence-electron chi connectivity index (χ1n) is 11.3. The second-order valence-corrected chi connectivity index (χ2v) is 8.20. The monoisotopic (exact) mass is 443 g/mol. The van der Waals surface area contributed by atoms with Crippen molar-refractivity contribution in [3.63, 3.8) is 0 Å². The summed E-state index contributed by atoms with van der Waals surface area (Å²) in [5.41, 5.74) is 4.74. The molecular formula is C26H29N5O2. The molecule has 4 rings (SSSR count). The summed E-state index contributed by atoms with van der Waals surface area (Å²) in [6.45, 7) is 8.08. The van der Waals surface area contributed by atoms with Gasteiger partial charge in [-0.3, -0.25) is 9.59 Å². The first-order valence-corrected chi connectivity index (χ1v) is 11.3. The maximum atomic E-state index is 13.5. The fraction of sp³-hybridized carbons (Fsp3) is 0.308. The lowest BCUT2D eigenvalue weighted by Gasteiger charge is -2.17. The number of rotatable bonds is 7.